The van der Waals surface area contributed by atoms with Crippen LogP contribution in [-0.4, -0.2) is 15.3 Å². The number of thiophene rings is 1. The third-order valence-corrected chi connectivity index (χ3v) is 6.46. The molecule has 0 aliphatic carbocycles. The van der Waals surface area contributed by atoms with Crippen molar-refractivity contribution in [3.8, 4) is 0 Å². The second-order valence-electron chi connectivity index (χ2n) is 7.43. The summed E-state index contributed by atoms with van der Waals surface area (Å²) < 4.78 is 15.1. The lowest BCUT2D eigenvalue weighted by atomic mass is 10.1. The molecule has 0 N–H and O–H groups in total. The summed E-state index contributed by atoms with van der Waals surface area (Å²) in [7, 11) is 0. The molecule has 0 atom stereocenters. The van der Waals surface area contributed by atoms with Crippen molar-refractivity contribution in [2.45, 2.75) is 33.7 Å². The van der Waals surface area contributed by atoms with Crippen molar-refractivity contribution < 1.29 is 9.18 Å². The van der Waals surface area contributed by atoms with Crippen molar-refractivity contribution in [1.29, 1.82) is 0 Å². The average molecular weight is 421 g/mol. The van der Waals surface area contributed by atoms with E-state index in [1.807, 2.05) is 44.2 Å². The standard InChI is InChI=1S/C24H21FN2O2S/c1-14-11-18(9-10-19(14)25)20(28)13-27-21(12-17-7-5-4-6-8-17)26-23-22(24(27)29)15(2)16(3)30-23/h4-11H,12-13H2,1-3H3. The normalized spacial score (nSPS) is 11.2. The molecule has 152 valence electrons. The Kier molecular flexibility index (Phi) is 5.35. The van der Waals surface area contributed by atoms with Gasteiger partial charge in [0.25, 0.3) is 5.56 Å². The fraction of sp³-hybridized carbons (Fsp3) is 0.208. The number of halogens is 1. The summed E-state index contributed by atoms with van der Waals surface area (Å²) in [4.78, 5) is 32.8. The monoisotopic (exact) mass is 420 g/mol. The summed E-state index contributed by atoms with van der Waals surface area (Å²) >= 11 is 1.49. The van der Waals surface area contributed by atoms with Gasteiger partial charge in [0.2, 0.25) is 0 Å². The minimum Gasteiger partial charge on any atom is -0.292 e. The fourth-order valence-electron chi connectivity index (χ4n) is 3.50. The van der Waals surface area contributed by atoms with E-state index in [2.05, 4.69) is 0 Å². The van der Waals surface area contributed by atoms with Gasteiger partial charge in [-0.15, -0.1) is 11.3 Å². The van der Waals surface area contributed by atoms with E-state index in [0.717, 1.165) is 16.0 Å². The second kappa shape index (κ2) is 7.95. The molecule has 4 aromatic rings. The third kappa shape index (κ3) is 3.71. The minimum atomic E-state index is -0.360. The van der Waals surface area contributed by atoms with Crippen LogP contribution >= 0.6 is 11.3 Å². The van der Waals surface area contributed by atoms with Crippen molar-refractivity contribution in [3.63, 3.8) is 0 Å². The van der Waals surface area contributed by atoms with Gasteiger partial charge in [-0.1, -0.05) is 30.3 Å². The molecule has 0 bridgehead atoms. The summed E-state index contributed by atoms with van der Waals surface area (Å²) in [5.41, 5.74) is 2.48. The number of carbonyl (C=O) groups is 1. The Morgan fingerprint density at radius 1 is 1.10 bits per heavy atom. The zero-order chi connectivity index (χ0) is 21.4. The topological polar surface area (TPSA) is 52.0 Å². The van der Waals surface area contributed by atoms with Crippen molar-refractivity contribution >= 4 is 27.3 Å². The van der Waals surface area contributed by atoms with E-state index < -0.39 is 0 Å². The summed E-state index contributed by atoms with van der Waals surface area (Å²) in [5, 5.41) is 0.567. The molecule has 4 nitrogen and oxygen atoms in total. The molecular formula is C24H21FN2O2S. The summed E-state index contributed by atoms with van der Waals surface area (Å²) in [6, 6.07) is 14.0. The molecule has 0 radical (unpaired) electrons. The Morgan fingerprint density at radius 2 is 1.83 bits per heavy atom. The highest BCUT2D eigenvalue weighted by molar-refractivity contribution is 7.18. The van der Waals surface area contributed by atoms with Crippen LogP contribution in [0.3, 0.4) is 0 Å². The highest BCUT2D eigenvalue weighted by Crippen LogP contribution is 2.27. The van der Waals surface area contributed by atoms with Crippen LogP contribution in [0, 0.1) is 26.6 Å². The van der Waals surface area contributed by atoms with Gasteiger partial charge in [-0.3, -0.25) is 14.2 Å². The number of fused-ring (bicyclic) bond motifs is 1. The maximum absolute atomic E-state index is 13.6. The van der Waals surface area contributed by atoms with Crippen LogP contribution in [0.4, 0.5) is 4.39 Å². The van der Waals surface area contributed by atoms with Gasteiger partial charge in [0, 0.05) is 16.9 Å². The molecule has 0 saturated heterocycles. The van der Waals surface area contributed by atoms with Crippen LogP contribution in [0.1, 0.15) is 37.7 Å². The van der Waals surface area contributed by atoms with E-state index in [0.29, 0.717) is 33.6 Å². The van der Waals surface area contributed by atoms with Crippen LogP contribution in [0.15, 0.2) is 53.3 Å². The summed E-state index contributed by atoms with van der Waals surface area (Å²) in [6.45, 7) is 5.35. The van der Waals surface area contributed by atoms with E-state index in [9.17, 15) is 14.0 Å². The first kappa shape index (κ1) is 20.2. The molecule has 2 aromatic carbocycles. The number of benzene rings is 2. The molecule has 6 heteroatoms. The highest BCUT2D eigenvalue weighted by atomic mass is 32.1. The zero-order valence-electron chi connectivity index (χ0n) is 17.0. The maximum Gasteiger partial charge on any atom is 0.262 e. The molecule has 2 heterocycles. The number of Topliss-reactive ketones (excluding diaryl/α,β-unsaturated/α-hetero) is 1. The highest BCUT2D eigenvalue weighted by Gasteiger charge is 2.19. The number of rotatable bonds is 5. The molecule has 0 fully saturated rings. The quantitative estimate of drug-likeness (QED) is 0.427. The van der Waals surface area contributed by atoms with Crippen LogP contribution in [0.5, 0.6) is 0 Å². The number of carbonyl (C=O) groups excluding carboxylic acids is 1. The van der Waals surface area contributed by atoms with Gasteiger partial charge in [-0.25, -0.2) is 9.37 Å². The average Bonchev–Trinajstić information content (AvgIpc) is 3.01. The Balaban J connectivity index is 1.83. The molecule has 0 aliphatic rings. The van der Waals surface area contributed by atoms with Gasteiger partial charge in [-0.05, 0) is 55.7 Å². The van der Waals surface area contributed by atoms with Crippen LogP contribution in [0.25, 0.3) is 10.2 Å². The summed E-state index contributed by atoms with van der Waals surface area (Å²) in [5.74, 6) is -0.0617. The first-order valence-corrected chi connectivity index (χ1v) is 10.5. The predicted molar refractivity (Wildman–Crippen MR) is 118 cm³/mol. The van der Waals surface area contributed by atoms with E-state index in [1.54, 1.807) is 6.92 Å². The van der Waals surface area contributed by atoms with Gasteiger partial charge in [0.15, 0.2) is 5.78 Å². The second-order valence-corrected chi connectivity index (χ2v) is 8.64. The third-order valence-electron chi connectivity index (χ3n) is 5.35. The van der Waals surface area contributed by atoms with Crippen LogP contribution < -0.4 is 5.56 Å². The lowest BCUT2D eigenvalue weighted by Gasteiger charge is -2.13. The Bertz CT molecular complexity index is 1320. The predicted octanol–water partition coefficient (Wildman–Crippen LogP) is 5.00. The lowest BCUT2D eigenvalue weighted by Crippen LogP contribution is -2.29. The molecule has 0 unspecified atom stereocenters. The van der Waals surface area contributed by atoms with Gasteiger partial charge in [0.1, 0.15) is 16.5 Å². The van der Waals surface area contributed by atoms with Gasteiger partial charge in [0.05, 0.1) is 11.9 Å². The zero-order valence-corrected chi connectivity index (χ0v) is 17.8. The van der Waals surface area contributed by atoms with Crippen molar-refractivity contribution in [3.05, 3.63) is 97.7 Å². The maximum atomic E-state index is 13.6. The number of hydrogen-bond donors (Lipinski definition) is 0. The van der Waals surface area contributed by atoms with E-state index in [4.69, 9.17) is 4.98 Å². The fourth-order valence-corrected chi connectivity index (χ4v) is 4.54. The molecule has 0 aliphatic heterocycles. The minimum absolute atomic E-state index is 0.136. The lowest BCUT2D eigenvalue weighted by molar-refractivity contribution is 0.0969. The van der Waals surface area contributed by atoms with Crippen molar-refractivity contribution in [1.82, 2.24) is 9.55 Å². The smallest absolute Gasteiger partial charge is 0.262 e. The Hall–Kier alpha value is -3.12. The molecule has 0 spiro atoms. The largest absolute Gasteiger partial charge is 0.292 e. The molecule has 0 saturated carbocycles. The Morgan fingerprint density at radius 3 is 2.53 bits per heavy atom. The SMILES string of the molecule is Cc1cc(C(=O)Cn2c(Cc3ccccc3)nc3sc(C)c(C)c3c2=O)ccc1F. The van der Waals surface area contributed by atoms with Gasteiger partial charge >= 0.3 is 0 Å². The number of hydrogen-bond acceptors (Lipinski definition) is 4. The first-order chi connectivity index (χ1) is 14.3. The molecule has 30 heavy (non-hydrogen) atoms. The van der Waals surface area contributed by atoms with Crippen molar-refractivity contribution in [2.75, 3.05) is 0 Å². The molecular weight excluding hydrogens is 399 g/mol. The Labute approximate surface area is 177 Å². The molecule has 0 amide bonds. The van der Waals surface area contributed by atoms with Gasteiger partial charge in [-0.2, -0.15) is 0 Å². The number of nitrogens with zero attached hydrogens (tertiary/aromatic N) is 2. The van der Waals surface area contributed by atoms with E-state index >= 15 is 0 Å². The first-order valence-electron chi connectivity index (χ1n) is 9.68. The number of aromatic nitrogens is 2. The van der Waals surface area contributed by atoms with E-state index in [1.165, 1.54) is 34.1 Å². The number of aryl methyl sites for hydroxylation is 3. The van der Waals surface area contributed by atoms with Crippen molar-refractivity contribution in [2.24, 2.45) is 0 Å². The van der Waals surface area contributed by atoms with Gasteiger partial charge < -0.3 is 0 Å². The van der Waals surface area contributed by atoms with Crippen LogP contribution in [-0.2, 0) is 13.0 Å². The summed E-state index contributed by atoms with van der Waals surface area (Å²) in [6.07, 6.45) is 0.442. The van der Waals surface area contributed by atoms with Crippen LogP contribution in [0.2, 0.25) is 0 Å². The number of ketones is 1. The molecule has 4 rings (SSSR count). The molecule has 2 aromatic heterocycles. The van der Waals surface area contributed by atoms with E-state index in [-0.39, 0.29) is 23.7 Å².